The predicted molar refractivity (Wildman–Crippen MR) is 205 cm³/mol. The van der Waals surface area contributed by atoms with Crippen LogP contribution in [-0.2, 0) is 16.1 Å². The summed E-state index contributed by atoms with van der Waals surface area (Å²) >= 11 is 13.5. The molecular weight excluding hydrogens is 719 g/mol. The predicted octanol–water partition coefficient (Wildman–Crippen LogP) is 7.99. The third-order valence-corrected chi connectivity index (χ3v) is 10.4. The first-order valence-corrected chi connectivity index (χ1v) is 18.0. The Morgan fingerprint density at radius 2 is 1.62 bits per heavy atom. The minimum Gasteiger partial charge on any atom is -0.496 e. The minimum absolute atomic E-state index is 0.142. The van der Waals surface area contributed by atoms with Crippen LogP contribution in [0.25, 0.3) is 22.5 Å². The van der Waals surface area contributed by atoms with E-state index in [0.29, 0.717) is 59.0 Å². The fourth-order valence-corrected chi connectivity index (χ4v) is 7.61. The van der Waals surface area contributed by atoms with Gasteiger partial charge in [0, 0.05) is 11.1 Å². The first-order valence-electron chi connectivity index (χ1n) is 16.4. The van der Waals surface area contributed by atoms with Crippen molar-refractivity contribution in [1.82, 2.24) is 4.57 Å². The molecule has 1 aliphatic heterocycles. The Morgan fingerprint density at radius 1 is 0.865 bits per heavy atom. The van der Waals surface area contributed by atoms with Crippen LogP contribution in [0.2, 0.25) is 10.0 Å². The molecule has 1 atom stereocenters. The molecule has 8 nitrogen and oxygen atoms in total. The zero-order valence-corrected chi connectivity index (χ0v) is 30.7. The summed E-state index contributed by atoms with van der Waals surface area (Å²) in [6.07, 6.45) is 1.78. The number of hydrogen-bond donors (Lipinski definition) is 0. The number of ether oxygens (including phenoxy) is 4. The summed E-state index contributed by atoms with van der Waals surface area (Å²) in [5.41, 5.74) is 3.27. The fourth-order valence-electron chi connectivity index (χ4n) is 6.28. The van der Waals surface area contributed by atoms with E-state index in [9.17, 15) is 9.59 Å². The number of thiazole rings is 1. The van der Waals surface area contributed by atoms with Crippen LogP contribution in [-0.4, -0.2) is 31.4 Å². The molecule has 0 radical (unpaired) electrons. The van der Waals surface area contributed by atoms with Gasteiger partial charge in [-0.15, -0.1) is 0 Å². The maximum Gasteiger partial charge on any atom is 0.338 e. The monoisotopic (exact) mass is 750 g/mol. The highest BCUT2D eigenvalue weighted by atomic mass is 35.5. The van der Waals surface area contributed by atoms with Gasteiger partial charge in [-0.1, -0.05) is 107 Å². The summed E-state index contributed by atoms with van der Waals surface area (Å²) in [6, 6.07) is 30.9. The van der Waals surface area contributed by atoms with Gasteiger partial charge in [0.2, 0.25) is 0 Å². The van der Waals surface area contributed by atoms with Gasteiger partial charge >= 0.3 is 5.97 Å². The van der Waals surface area contributed by atoms with Gasteiger partial charge in [-0.05, 0) is 65.2 Å². The Kier molecular flexibility index (Phi) is 10.2. The molecule has 262 valence electrons. The number of nitrogens with zero attached hydrogens (tertiary/aromatic N) is 2. The first-order chi connectivity index (χ1) is 25.3. The second kappa shape index (κ2) is 15.1. The van der Waals surface area contributed by atoms with Crippen LogP contribution in [0.4, 0.5) is 0 Å². The number of fused-ring (bicyclic) bond motifs is 2. The number of benzene rings is 5. The third kappa shape index (κ3) is 6.70. The van der Waals surface area contributed by atoms with Gasteiger partial charge in [0.1, 0.15) is 18.4 Å². The van der Waals surface area contributed by atoms with E-state index in [-0.39, 0.29) is 24.3 Å². The van der Waals surface area contributed by atoms with E-state index in [4.69, 9.17) is 47.1 Å². The maximum atomic E-state index is 14.6. The number of carbonyl (C=O) groups excluding carboxylic acids is 1. The molecule has 0 fully saturated rings. The average molecular weight is 752 g/mol. The second-order valence-corrected chi connectivity index (χ2v) is 13.6. The quantitative estimate of drug-likeness (QED) is 0.132. The summed E-state index contributed by atoms with van der Waals surface area (Å²) in [4.78, 5) is 34.1. The van der Waals surface area contributed by atoms with Gasteiger partial charge in [-0.25, -0.2) is 9.79 Å². The second-order valence-electron chi connectivity index (χ2n) is 11.8. The van der Waals surface area contributed by atoms with E-state index >= 15 is 0 Å². The standard InChI is InChI=1S/C41H32Cl2N2O6S/c1-4-50-40(47)36-37(27-11-6-5-7-12-27)44-41-45(38(36)35-28-13-9-8-10-26(28)16-19-32(35)48-2)39(46)34(52-41)22-24-15-18-31(33(21-24)49-3)51-23-25-14-17-29(42)30(43)20-25/h5-22,38H,4,23H2,1-3H3/b34-22+/t38-/m0/s1. The zero-order valence-electron chi connectivity index (χ0n) is 28.4. The van der Waals surface area contributed by atoms with Gasteiger partial charge in [0.25, 0.3) is 5.56 Å². The van der Waals surface area contributed by atoms with E-state index in [0.717, 1.165) is 16.3 Å². The molecule has 52 heavy (non-hydrogen) atoms. The fraction of sp³-hybridized carbons (Fsp3) is 0.146. The van der Waals surface area contributed by atoms with Crippen LogP contribution in [0, 0.1) is 0 Å². The lowest BCUT2D eigenvalue weighted by atomic mass is 9.89. The average Bonchev–Trinajstić information content (AvgIpc) is 3.48. The maximum absolute atomic E-state index is 14.6. The molecule has 0 spiro atoms. The summed E-state index contributed by atoms with van der Waals surface area (Å²) in [5, 5.41) is 2.67. The molecule has 7 rings (SSSR count). The molecule has 0 unspecified atom stereocenters. The lowest BCUT2D eigenvalue weighted by Crippen LogP contribution is -2.40. The Balaban J connectivity index is 1.40. The molecule has 0 N–H and O–H groups in total. The van der Waals surface area contributed by atoms with Gasteiger partial charge in [-0.3, -0.25) is 9.36 Å². The highest BCUT2D eigenvalue weighted by molar-refractivity contribution is 7.07. The van der Waals surface area contributed by atoms with Crippen LogP contribution in [0.15, 0.2) is 118 Å². The highest BCUT2D eigenvalue weighted by Gasteiger charge is 2.37. The van der Waals surface area contributed by atoms with Gasteiger partial charge in [0.15, 0.2) is 16.3 Å². The van der Waals surface area contributed by atoms with Crippen LogP contribution < -0.4 is 29.1 Å². The summed E-state index contributed by atoms with van der Waals surface area (Å²) in [6.45, 7) is 2.14. The first kappa shape index (κ1) is 35.1. The van der Waals surface area contributed by atoms with Crippen LogP contribution in [0.3, 0.4) is 0 Å². The van der Waals surface area contributed by atoms with Crippen LogP contribution >= 0.6 is 34.5 Å². The zero-order chi connectivity index (χ0) is 36.4. The number of aromatic nitrogens is 1. The lowest BCUT2D eigenvalue weighted by Gasteiger charge is -2.28. The topological polar surface area (TPSA) is 88.4 Å². The Morgan fingerprint density at radius 3 is 2.37 bits per heavy atom. The molecule has 0 bridgehead atoms. The molecule has 11 heteroatoms. The number of halogens is 2. The van der Waals surface area contributed by atoms with Crippen molar-refractivity contribution in [1.29, 1.82) is 0 Å². The SMILES string of the molecule is CCOC(=O)C1=C(c2ccccc2)N=c2s/c(=C/c3ccc(OCc4ccc(Cl)c(Cl)c4)c(OC)c3)c(=O)n2[C@H]1c1c(OC)ccc2ccccc12. The van der Waals surface area contributed by atoms with Crippen molar-refractivity contribution < 1.29 is 23.7 Å². The van der Waals surface area contributed by atoms with Crippen LogP contribution in [0.1, 0.15) is 35.2 Å². The van der Waals surface area contributed by atoms with E-state index in [2.05, 4.69) is 0 Å². The van der Waals surface area contributed by atoms with E-state index < -0.39 is 12.0 Å². The van der Waals surface area contributed by atoms with Crippen molar-refractivity contribution in [2.75, 3.05) is 20.8 Å². The van der Waals surface area contributed by atoms with Gasteiger partial charge in [0.05, 0.1) is 46.7 Å². The molecule has 0 aliphatic carbocycles. The van der Waals surface area contributed by atoms with Crippen molar-refractivity contribution in [2.45, 2.75) is 19.6 Å². The van der Waals surface area contributed by atoms with Gasteiger partial charge < -0.3 is 18.9 Å². The number of methoxy groups -OCH3 is 2. The summed E-state index contributed by atoms with van der Waals surface area (Å²) in [5.74, 6) is 0.953. The molecule has 5 aromatic carbocycles. The lowest BCUT2D eigenvalue weighted by molar-refractivity contribution is -0.138. The molecule has 0 saturated heterocycles. The molecule has 2 heterocycles. The Labute approximate surface area is 313 Å². The molecular formula is C41H32Cl2N2O6S. The number of carbonyl (C=O) groups is 1. The van der Waals surface area contributed by atoms with Crippen molar-refractivity contribution in [3.05, 3.63) is 161 Å². The molecule has 1 aromatic heterocycles. The van der Waals surface area contributed by atoms with Crippen molar-refractivity contribution >= 4 is 63.1 Å². The van der Waals surface area contributed by atoms with Crippen molar-refractivity contribution in [2.24, 2.45) is 4.99 Å². The Bertz CT molecular complexity index is 2550. The van der Waals surface area contributed by atoms with Crippen molar-refractivity contribution in [3.63, 3.8) is 0 Å². The molecule has 0 amide bonds. The Hall–Kier alpha value is -5.35. The molecule has 6 aromatic rings. The smallest absolute Gasteiger partial charge is 0.338 e. The highest BCUT2D eigenvalue weighted by Crippen LogP contribution is 2.42. The minimum atomic E-state index is -0.916. The number of hydrogen-bond acceptors (Lipinski definition) is 8. The van der Waals surface area contributed by atoms with E-state index in [1.165, 1.54) is 11.3 Å². The normalized spacial score (nSPS) is 14.2. The summed E-state index contributed by atoms with van der Waals surface area (Å²) < 4.78 is 25.3. The summed E-state index contributed by atoms with van der Waals surface area (Å²) in [7, 11) is 3.13. The largest absolute Gasteiger partial charge is 0.496 e. The molecule has 0 saturated carbocycles. The van der Waals surface area contributed by atoms with E-state index in [1.807, 2.05) is 78.9 Å². The molecule has 1 aliphatic rings. The van der Waals surface area contributed by atoms with E-state index in [1.54, 1.807) is 56.1 Å². The number of rotatable bonds is 10. The van der Waals surface area contributed by atoms with Crippen LogP contribution in [0.5, 0.6) is 17.2 Å². The van der Waals surface area contributed by atoms with Crippen molar-refractivity contribution in [3.8, 4) is 17.2 Å². The number of esters is 1. The third-order valence-electron chi connectivity index (χ3n) is 8.66. The van der Waals surface area contributed by atoms with Gasteiger partial charge in [-0.2, -0.15) is 0 Å².